The molecule has 1 aliphatic heterocycles. The Morgan fingerprint density at radius 2 is 2.09 bits per heavy atom. The number of amides is 1. The molecule has 5 heteroatoms. The van der Waals surface area contributed by atoms with Gasteiger partial charge in [-0.2, -0.15) is 0 Å². The average molecular weight is 311 g/mol. The molecule has 1 rings (SSSR count). The molecule has 4 atom stereocenters. The van der Waals surface area contributed by atoms with Gasteiger partial charge in [-0.25, -0.2) is 4.79 Å². The summed E-state index contributed by atoms with van der Waals surface area (Å²) in [5.74, 6) is 0.275. The van der Waals surface area contributed by atoms with Crippen LogP contribution in [0.15, 0.2) is 12.7 Å². The number of carbonyl (C=O) groups is 2. The third kappa shape index (κ3) is 5.44. The van der Waals surface area contributed by atoms with E-state index in [-0.39, 0.29) is 24.8 Å². The molecule has 1 saturated heterocycles. The lowest BCUT2D eigenvalue weighted by Crippen LogP contribution is -2.41. The number of carbonyl (C=O) groups excluding carboxylic acids is 2. The quantitative estimate of drug-likeness (QED) is 0.551. The first kappa shape index (κ1) is 18.7. The van der Waals surface area contributed by atoms with Crippen LogP contribution in [0.2, 0.25) is 0 Å². The molecule has 1 amide bonds. The van der Waals surface area contributed by atoms with Gasteiger partial charge in [0.25, 0.3) is 0 Å². The Bertz CT molecular complexity index is 396. The fraction of sp³-hybridized carbons (Fsp3) is 0.765. The predicted molar refractivity (Wildman–Crippen MR) is 85.1 cm³/mol. The maximum absolute atomic E-state index is 12.4. The van der Waals surface area contributed by atoms with E-state index < -0.39 is 18.1 Å². The van der Waals surface area contributed by atoms with Crippen LogP contribution in [0, 0.1) is 11.8 Å². The van der Waals surface area contributed by atoms with Gasteiger partial charge in [-0.3, -0.25) is 4.79 Å². The van der Waals surface area contributed by atoms with Gasteiger partial charge in [-0.15, -0.1) is 6.58 Å². The van der Waals surface area contributed by atoms with Gasteiger partial charge in [-0.1, -0.05) is 19.9 Å². The smallest absolute Gasteiger partial charge is 0.328 e. The highest BCUT2D eigenvalue weighted by Gasteiger charge is 2.39. The average Bonchev–Trinajstić information content (AvgIpc) is 2.86. The molecule has 0 aromatic rings. The predicted octanol–water partition coefficient (Wildman–Crippen LogP) is 2.14. The summed E-state index contributed by atoms with van der Waals surface area (Å²) in [6.45, 7) is 8.18. The molecule has 0 aliphatic carbocycles. The van der Waals surface area contributed by atoms with Gasteiger partial charge < -0.3 is 14.7 Å². The first-order valence-corrected chi connectivity index (χ1v) is 8.05. The Morgan fingerprint density at radius 1 is 1.41 bits per heavy atom. The topological polar surface area (TPSA) is 66.8 Å². The first-order valence-electron chi connectivity index (χ1n) is 8.05. The number of allylic oxidation sites excluding steroid dienone is 1. The number of ether oxygens (including phenoxy) is 1. The first-order chi connectivity index (χ1) is 10.4. The van der Waals surface area contributed by atoms with E-state index in [9.17, 15) is 14.7 Å². The third-order valence-electron chi connectivity index (χ3n) is 4.26. The number of aliphatic hydroxyl groups excluding tert-OH is 1. The molecule has 22 heavy (non-hydrogen) atoms. The summed E-state index contributed by atoms with van der Waals surface area (Å²) in [6.07, 6.45) is 4.98. The zero-order valence-corrected chi connectivity index (χ0v) is 14.0. The Balaban J connectivity index is 2.52. The summed E-state index contributed by atoms with van der Waals surface area (Å²) >= 11 is 0. The molecule has 0 radical (unpaired) electrons. The van der Waals surface area contributed by atoms with Crippen LogP contribution in [-0.4, -0.2) is 47.7 Å². The van der Waals surface area contributed by atoms with Crippen LogP contribution in [0.3, 0.4) is 0 Å². The van der Waals surface area contributed by atoms with Crippen LogP contribution >= 0.6 is 0 Å². The van der Waals surface area contributed by atoms with Crippen LogP contribution in [0.5, 0.6) is 0 Å². The highest BCUT2D eigenvalue weighted by Crippen LogP contribution is 2.24. The molecule has 1 heterocycles. The van der Waals surface area contributed by atoms with Crippen LogP contribution in [0.4, 0.5) is 0 Å². The second-order valence-corrected chi connectivity index (χ2v) is 6.49. The molecule has 0 saturated carbocycles. The van der Waals surface area contributed by atoms with Crippen molar-refractivity contribution in [3.8, 4) is 0 Å². The fourth-order valence-electron chi connectivity index (χ4n) is 3.15. The number of esters is 1. The monoisotopic (exact) mass is 311 g/mol. The van der Waals surface area contributed by atoms with Gasteiger partial charge >= 0.3 is 5.97 Å². The molecular weight excluding hydrogens is 282 g/mol. The number of methoxy groups -OCH3 is 1. The van der Waals surface area contributed by atoms with E-state index in [0.29, 0.717) is 12.3 Å². The van der Waals surface area contributed by atoms with Gasteiger partial charge in [0.15, 0.2) is 0 Å². The Kier molecular flexibility index (Phi) is 7.59. The molecule has 0 spiro atoms. The van der Waals surface area contributed by atoms with Gasteiger partial charge in [-0.05, 0) is 31.1 Å². The molecule has 1 aliphatic rings. The van der Waals surface area contributed by atoms with Crippen LogP contribution in [0.1, 0.15) is 46.0 Å². The van der Waals surface area contributed by atoms with Crippen molar-refractivity contribution in [1.29, 1.82) is 0 Å². The van der Waals surface area contributed by atoms with Gasteiger partial charge in [0.2, 0.25) is 5.91 Å². The van der Waals surface area contributed by atoms with Crippen molar-refractivity contribution < 1.29 is 19.4 Å². The van der Waals surface area contributed by atoms with Crippen molar-refractivity contribution in [3.05, 3.63) is 12.7 Å². The molecule has 0 aromatic heterocycles. The number of hydrogen-bond acceptors (Lipinski definition) is 4. The lowest BCUT2D eigenvalue weighted by Gasteiger charge is -2.24. The minimum Gasteiger partial charge on any atom is -0.467 e. The number of hydrogen-bond donors (Lipinski definition) is 1. The van der Waals surface area contributed by atoms with Crippen molar-refractivity contribution >= 4 is 11.9 Å². The van der Waals surface area contributed by atoms with Gasteiger partial charge in [0.1, 0.15) is 6.04 Å². The molecule has 1 N–H and O–H groups in total. The summed E-state index contributed by atoms with van der Waals surface area (Å²) in [5, 5.41) is 9.73. The van der Waals surface area contributed by atoms with E-state index in [1.54, 1.807) is 0 Å². The third-order valence-corrected chi connectivity index (χ3v) is 4.26. The van der Waals surface area contributed by atoms with Crippen molar-refractivity contribution in [2.24, 2.45) is 11.8 Å². The molecule has 1 unspecified atom stereocenters. The highest BCUT2D eigenvalue weighted by molar-refractivity contribution is 5.85. The van der Waals surface area contributed by atoms with Crippen molar-refractivity contribution in [1.82, 2.24) is 4.90 Å². The maximum atomic E-state index is 12.4. The Morgan fingerprint density at radius 3 is 2.68 bits per heavy atom. The van der Waals surface area contributed by atoms with Crippen LogP contribution in [0.25, 0.3) is 0 Å². The summed E-state index contributed by atoms with van der Waals surface area (Å²) in [7, 11) is 1.31. The summed E-state index contributed by atoms with van der Waals surface area (Å²) in [6, 6.07) is -0.641. The van der Waals surface area contributed by atoms with E-state index in [1.807, 2.05) is 6.08 Å². The number of nitrogens with zero attached hydrogens (tertiary/aromatic N) is 1. The molecule has 0 aromatic carbocycles. The molecule has 0 bridgehead atoms. The van der Waals surface area contributed by atoms with Crippen molar-refractivity contribution in [2.75, 3.05) is 13.7 Å². The van der Waals surface area contributed by atoms with E-state index in [0.717, 1.165) is 19.3 Å². The summed E-state index contributed by atoms with van der Waals surface area (Å²) < 4.78 is 4.72. The van der Waals surface area contributed by atoms with Crippen molar-refractivity contribution in [3.63, 3.8) is 0 Å². The minimum atomic E-state index is -0.644. The second kappa shape index (κ2) is 8.93. The summed E-state index contributed by atoms with van der Waals surface area (Å²) in [5.41, 5.74) is 0. The lowest BCUT2D eigenvalue weighted by atomic mass is 9.91. The number of likely N-dealkylation sites (tertiary alicyclic amines) is 1. The number of rotatable bonds is 8. The Labute approximate surface area is 133 Å². The van der Waals surface area contributed by atoms with E-state index in [4.69, 9.17) is 4.74 Å². The van der Waals surface area contributed by atoms with Crippen molar-refractivity contribution in [2.45, 2.75) is 58.1 Å². The SMILES string of the molecule is C=CCCC(C)C[C@@H](C)CC(=O)N1C[C@H](O)C[C@H]1C(=O)OC. The normalized spacial score (nSPS) is 23.9. The zero-order valence-electron chi connectivity index (χ0n) is 14.0. The lowest BCUT2D eigenvalue weighted by molar-refractivity contribution is -0.151. The second-order valence-electron chi connectivity index (χ2n) is 6.49. The molecule has 5 nitrogen and oxygen atoms in total. The van der Waals surface area contributed by atoms with E-state index >= 15 is 0 Å². The minimum absolute atomic E-state index is 0.0737. The van der Waals surface area contributed by atoms with E-state index in [1.165, 1.54) is 12.0 Å². The highest BCUT2D eigenvalue weighted by atomic mass is 16.5. The van der Waals surface area contributed by atoms with Gasteiger partial charge in [0.05, 0.1) is 13.2 Å². The largest absolute Gasteiger partial charge is 0.467 e. The molecular formula is C17H29NO4. The number of β-amino-alcohol motifs (C(OH)–C–C–N with tert-alkyl or cyclic N) is 1. The van der Waals surface area contributed by atoms with Crippen LogP contribution < -0.4 is 0 Å². The van der Waals surface area contributed by atoms with E-state index in [2.05, 4.69) is 20.4 Å². The maximum Gasteiger partial charge on any atom is 0.328 e. The molecule has 1 fully saturated rings. The van der Waals surface area contributed by atoms with Crippen LogP contribution in [-0.2, 0) is 14.3 Å². The fourth-order valence-corrected chi connectivity index (χ4v) is 3.15. The Hall–Kier alpha value is -1.36. The molecule has 126 valence electrons. The van der Waals surface area contributed by atoms with Gasteiger partial charge in [0, 0.05) is 19.4 Å². The standard InChI is InChI=1S/C17H29NO4/c1-5-6-7-12(2)8-13(3)9-16(20)18-11-14(19)10-15(18)17(21)22-4/h5,12-15,19H,1,6-11H2,2-4H3/t12?,13-,14-,15+/m1/s1. The summed E-state index contributed by atoms with van der Waals surface area (Å²) in [4.78, 5) is 25.6. The number of aliphatic hydroxyl groups is 1. The zero-order chi connectivity index (χ0) is 16.7.